The van der Waals surface area contributed by atoms with Crippen LogP contribution in [0.3, 0.4) is 0 Å². The molecular weight excluding hydrogens is 228 g/mol. The van der Waals surface area contributed by atoms with Crippen molar-refractivity contribution in [3.05, 3.63) is 11.8 Å². The van der Waals surface area contributed by atoms with Gasteiger partial charge in [0.15, 0.2) is 0 Å². The second-order valence-corrected chi connectivity index (χ2v) is 5.15. The van der Waals surface area contributed by atoms with Gasteiger partial charge in [0.25, 0.3) is 0 Å². The Labute approximate surface area is 107 Å². The Morgan fingerprint density at radius 2 is 2.22 bits per heavy atom. The minimum Gasteiger partial charge on any atom is -0.366 e. The first kappa shape index (κ1) is 11.7. The molecule has 0 aliphatic carbocycles. The lowest BCUT2D eigenvalue weighted by Crippen LogP contribution is -2.34. The number of rotatable bonds is 3. The van der Waals surface area contributed by atoms with Gasteiger partial charge in [0.05, 0.1) is 0 Å². The quantitative estimate of drug-likeness (QED) is 0.540. The van der Waals surface area contributed by atoms with Crippen LogP contribution in [0.5, 0.6) is 0 Å². The predicted molar refractivity (Wildman–Crippen MR) is 71.2 cm³/mol. The molecule has 0 radical (unpaired) electrons. The lowest BCUT2D eigenvalue weighted by Gasteiger charge is -2.22. The first-order valence-electron chi connectivity index (χ1n) is 6.59. The van der Waals surface area contributed by atoms with Gasteiger partial charge in [0.1, 0.15) is 5.82 Å². The van der Waals surface area contributed by atoms with Crippen LogP contribution in [0.15, 0.2) is 6.07 Å². The number of anilines is 2. The van der Waals surface area contributed by atoms with E-state index in [4.69, 9.17) is 5.84 Å². The molecule has 98 valence electrons. The number of fused-ring (bicyclic) bond motifs is 1. The average Bonchev–Trinajstić information content (AvgIpc) is 2.93. The number of aryl methyl sites for hydroxylation is 1. The number of aromatic nitrogens is 2. The zero-order valence-corrected chi connectivity index (χ0v) is 10.7. The Bertz CT molecular complexity index is 435. The summed E-state index contributed by atoms with van der Waals surface area (Å²) >= 11 is 0. The number of nitrogens with zero attached hydrogens (tertiary/aromatic N) is 3. The highest BCUT2D eigenvalue weighted by molar-refractivity contribution is 5.43. The summed E-state index contributed by atoms with van der Waals surface area (Å²) in [6, 6.07) is 3.15. The zero-order chi connectivity index (χ0) is 12.5. The van der Waals surface area contributed by atoms with Crippen molar-refractivity contribution in [1.82, 2.24) is 14.9 Å². The molecular formula is C12H20N6. The van der Waals surface area contributed by atoms with Crippen LogP contribution in [0.2, 0.25) is 0 Å². The van der Waals surface area contributed by atoms with Crippen LogP contribution in [0.4, 0.5) is 11.8 Å². The summed E-state index contributed by atoms with van der Waals surface area (Å²) < 4.78 is 0. The highest BCUT2D eigenvalue weighted by atomic mass is 15.3. The lowest BCUT2D eigenvalue weighted by molar-refractivity contribution is 0.318. The van der Waals surface area contributed by atoms with E-state index in [0.29, 0.717) is 18.0 Å². The number of hydrazine groups is 1. The summed E-state index contributed by atoms with van der Waals surface area (Å²) in [6.07, 6.45) is 3.81. The van der Waals surface area contributed by atoms with Crippen molar-refractivity contribution in [1.29, 1.82) is 0 Å². The molecule has 0 aromatic carbocycles. The molecule has 1 aromatic rings. The molecule has 2 aliphatic heterocycles. The summed E-state index contributed by atoms with van der Waals surface area (Å²) in [7, 11) is 0. The van der Waals surface area contributed by atoms with E-state index in [1.165, 1.54) is 32.4 Å². The van der Waals surface area contributed by atoms with E-state index in [9.17, 15) is 0 Å². The summed E-state index contributed by atoms with van der Waals surface area (Å²) in [5.74, 6) is 6.71. The number of nitrogens with two attached hydrogens (primary N) is 1. The first-order chi connectivity index (χ1) is 8.76. The fourth-order valence-electron chi connectivity index (χ4n) is 3.15. The molecule has 2 aliphatic rings. The Balaban J connectivity index is 1.74. The molecule has 4 N–H and O–H groups in total. The fraction of sp³-hybridized carbons (Fsp3) is 0.667. The van der Waals surface area contributed by atoms with E-state index in [2.05, 4.69) is 25.6 Å². The molecule has 0 bridgehead atoms. The number of hydrogen-bond acceptors (Lipinski definition) is 6. The molecule has 0 amide bonds. The topological polar surface area (TPSA) is 79.1 Å². The Hall–Kier alpha value is -1.40. The minimum atomic E-state index is 0.471. The van der Waals surface area contributed by atoms with Crippen molar-refractivity contribution >= 4 is 11.8 Å². The summed E-state index contributed by atoms with van der Waals surface area (Å²) in [4.78, 5) is 11.1. The SMILES string of the molecule is Cc1cc(NC2CCN3CCCC23)nc(NN)n1. The van der Waals surface area contributed by atoms with Crippen molar-refractivity contribution in [2.45, 2.75) is 38.3 Å². The Morgan fingerprint density at radius 3 is 3.06 bits per heavy atom. The third-order valence-electron chi connectivity index (χ3n) is 3.92. The molecule has 1 aromatic heterocycles. The molecule has 3 rings (SSSR count). The first-order valence-corrected chi connectivity index (χ1v) is 6.59. The van der Waals surface area contributed by atoms with Crippen LogP contribution >= 0.6 is 0 Å². The molecule has 3 heterocycles. The second-order valence-electron chi connectivity index (χ2n) is 5.15. The minimum absolute atomic E-state index is 0.471. The van der Waals surface area contributed by atoms with Crippen LogP contribution in [-0.2, 0) is 0 Å². The zero-order valence-electron chi connectivity index (χ0n) is 10.7. The third-order valence-corrected chi connectivity index (χ3v) is 3.92. The van der Waals surface area contributed by atoms with Crippen molar-refractivity contribution in [3.8, 4) is 0 Å². The van der Waals surface area contributed by atoms with Gasteiger partial charge in [-0.15, -0.1) is 0 Å². The number of hydrogen-bond donors (Lipinski definition) is 3. The van der Waals surface area contributed by atoms with Gasteiger partial charge in [-0.25, -0.2) is 10.8 Å². The van der Waals surface area contributed by atoms with Gasteiger partial charge in [0.2, 0.25) is 5.95 Å². The molecule has 2 fully saturated rings. The number of nitrogens with one attached hydrogen (secondary N) is 2. The Kier molecular flexibility index (Phi) is 3.05. The smallest absolute Gasteiger partial charge is 0.239 e. The summed E-state index contributed by atoms with van der Waals surface area (Å²) in [5, 5.41) is 3.54. The molecule has 2 unspecified atom stereocenters. The predicted octanol–water partition coefficient (Wildman–Crippen LogP) is 0.719. The normalized spacial score (nSPS) is 27.2. The third kappa shape index (κ3) is 2.13. The van der Waals surface area contributed by atoms with E-state index in [0.717, 1.165) is 11.5 Å². The van der Waals surface area contributed by atoms with E-state index in [1.54, 1.807) is 0 Å². The monoisotopic (exact) mass is 248 g/mol. The van der Waals surface area contributed by atoms with Crippen LogP contribution in [0.1, 0.15) is 25.0 Å². The van der Waals surface area contributed by atoms with Crippen molar-refractivity contribution in [2.75, 3.05) is 23.8 Å². The van der Waals surface area contributed by atoms with Gasteiger partial charge in [0, 0.05) is 30.4 Å². The van der Waals surface area contributed by atoms with Crippen molar-refractivity contribution < 1.29 is 0 Å². The highest BCUT2D eigenvalue weighted by Crippen LogP contribution is 2.29. The summed E-state index contributed by atoms with van der Waals surface area (Å²) in [5.41, 5.74) is 3.43. The van der Waals surface area contributed by atoms with Gasteiger partial charge in [-0.05, 0) is 32.7 Å². The number of nitrogen functional groups attached to an aromatic ring is 1. The fourth-order valence-corrected chi connectivity index (χ4v) is 3.15. The lowest BCUT2D eigenvalue weighted by atomic mass is 10.1. The van der Waals surface area contributed by atoms with Crippen LogP contribution in [-0.4, -0.2) is 40.0 Å². The molecule has 6 nitrogen and oxygen atoms in total. The maximum absolute atomic E-state index is 5.37. The van der Waals surface area contributed by atoms with Gasteiger partial charge in [-0.1, -0.05) is 0 Å². The molecule has 2 saturated heterocycles. The highest BCUT2D eigenvalue weighted by Gasteiger charge is 2.37. The second kappa shape index (κ2) is 4.70. The van der Waals surface area contributed by atoms with E-state index < -0.39 is 0 Å². The molecule has 0 spiro atoms. The van der Waals surface area contributed by atoms with Crippen LogP contribution in [0, 0.1) is 6.92 Å². The van der Waals surface area contributed by atoms with Gasteiger partial charge >= 0.3 is 0 Å². The Morgan fingerprint density at radius 1 is 1.33 bits per heavy atom. The van der Waals surface area contributed by atoms with Gasteiger partial charge in [-0.2, -0.15) is 4.98 Å². The van der Waals surface area contributed by atoms with Gasteiger partial charge in [-0.3, -0.25) is 10.3 Å². The maximum Gasteiger partial charge on any atom is 0.239 e. The average molecular weight is 248 g/mol. The van der Waals surface area contributed by atoms with Crippen LogP contribution < -0.4 is 16.6 Å². The molecule has 18 heavy (non-hydrogen) atoms. The van der Waals surface area contributed by atoms with Gasteiger partial charge < -0.3 is 5.32 Å². The van der Waals surface area contributed by atoms with E-state index in [-0.39, 0.29) is 0 Å². The maximum atomic E-state index is 5.37. The molecule has 2 atom stereocenters. The van der Waals surface area contributed by atoms with E-state index >= 15 is 0 Å². The molecule has 6 heteroatoms. The van der Waals surface area contributed by atoms with Crippen molar-refractivity contribution in [2.24, 2.45) is 5.84 Å². The standard InChI is InChI=1S/C12H20N6/c1-8-7-11(16-12(14-8)17-13)15-9-4-6-18-5-2-3-10(9)18/h7,9-10H,2-6,13H2,1H3,(H2,14,15,16,17). The molecule has 0 saturated carbocycles. The summed E-state index contributed by atoms with van der Waals surface area (Å²) in [6.45, 7) is 4.40. The van der Waals surface area contributed by atoms with Crippen molar-refractivity contribution in [3.63, 3.8) is 0 Å². The van der Waals surface area contributed by atoms with Crippen LogP contribution in [0.25, 0.3) is 0 Å². The largest absolute Gasteiger partial charge is 0.366 e. The van der Waals surface area contributed by atoms with E-state index in [1.807, 2.05) is 13.0 Å².